The Morgan fingerprint density at radius 2 is 1.80 bits per heavy atom. The van der Waals surface area contributed by atoms with Gasteiger partial charge in [-0.05, 0) is 67.4 Å². The molecule has 35 heavy (non-hydrogen) atoms. The van der Waals surface area contributed by atoms with Gasteiger partial charge in [0, 0.05) is 17.5 Å². The van der Waals surface area contributed by atoms with Gasteiger partial charge in [0.1, 0.15) is 11.5 Å². The lowest BCUT2D eigenvalue weighted by molar-refractivity contribution is -0.0191. The second-order valence-corrected chi connectivity index (χ2v) is 8.72. The van der Waals surface area contributed by atoms with Crippen LogP contribution in [0.25, 0.3) is 0 Å². The summed E-state index contributed by atoms with van der Waals surface area (Å²) in [6, 6.07) is 22.5. The lowest BCUT2D eigenvalue weighted by atomic mass is 9.96. The molecule has 3 aromatic rings. The minimum atomic E-state index is -0.367. The van der Waals surface area contributed by atoms with E-state index in [1.54, 1.807) is 7.11 Å². The zero-order valence-electron chi connectivity index (χ0n) is 20.6. The standard InChI is InChI=1S/C29H32N2O4/c1-4-6-17-34-27-16-13-21(18-28(27)32-3)29-31-25(23-9-7-8-10-26(23)35-29)19-24(30-31)20-11-14-22(15-12-20)33-5-2/h7-16,18,25,29H,4-6,17,19H2,1-3H3/t25-,29+/m0/s1. The van der Waals surface area contributed by atoms with Crippen LogP contribution in [0.1, 0.15) is 62.1 Å². The first-order valence-electron chi connectivity index (χ1n) is 12.4. The van der Waals surface area contributed by atoms with Crippen molar-refractivity contribution in [2.24, 2.45) is 5.10 Å². The van der Waals surface area contributed by atoms with Crippen LogP contribution in [0, 0.1) is 0 Å². The summed E-state index contributed by atoms with van der Waals surface area (Å²) in [5, 5.41) is 7.15. The normalized spacial score (nSPS) is 18.3. The van der Waals surface area contributed by atoms with Crippen LogP contribution in [0.15, 0.2) is 71.8 Å². The van der Waals surface area contributed by atoms with E-state index in [9.17, 15) is 0 Å². The van der Waals surface area contributed by atoms with Gasteiger partial charge in [-0.25, -0.2) is 5.01 Å². The van der Waals surface area contributed by atoms with E-state index in [2.05, 4.69) is 36.2 Å². The highest BCUT2D eigenvalue weighted by Gasteiger charge is 2.41. The molecule has 6 nitrogen and oxygen atoms in total. The lowest BCUT2D eigenvalue weighted by Crippen LogP contribution is -2.33. The number of hydrazone groups is 1. The maximum Gasteiger partial charge on any atom is 0.214 e. The van der Waals surface area contributed by atoms with Gasteiger partial charge in [0.2, 0.25) is 6.23 Å². The van der Waals surface area contributed by atoms with Crippen LogP contribution < -0.4 is 18.9 Å². The molecule has 5 rings (SSSR count). The summed E-state index contributed by atoms with van der Waals surface area (Å²) >= 11 is 0. The SMILES string of the molecule is CCCCOc1ccc([C@H]2Oc3ccccc3[C@@H]3CC(c4ccc(OCC)cc4)=NN23)cc1OC. The van der Waals surface area contributed by atoms with Crippen LogP contribution in [0.5, 0.6) is 23.0 Å². The van der Waals surface area contributed by atoms with Gasteiger partial charge < -0.3 is 18.9 Å². The Morgan fingerprint density at radius 1 is 0.971 bits per heavy atom. The quantitative estimate of drug-likeness (QED) is 0.332. The fourth-order valence-corrected chi connectivity index (χ4v) is 4.62. The molecule has 3 aromatic carbocycles. The monoisotopic (exact) mass is 472 g/mol. The average Bonchev–Trinajstić information content (AvgIpc) is 3.35. The number of nitrogens with zero attached hydrogens (tertiary/aromatic N) is 2. The first-order valence-corrected chi connectivity index (χ1v) is 12.4. The van der Waals surface area contributed by atoms with Gasteiger partial charge in [0.05, 0.1) is 32.1 Å². The molecule has 0 N–H and O–H groups in total. The summed E-state index contributed by atoms with van der Waals surface area (Å²) < 4.78 is 23.7. The minimum absolute atomic E-state index is 0.0954. The zero-order chi connectivity index (χ0) is 24.2. The number of para-hydroxylation sites is 1. The van der Waals surface area contributed by atoms with Crippen molar-refractivity contribution in [1.82, 2.24) is 5.01 Å². The molecule has 0 unspecified atom stereocenters. The first-order chi connectivity index (χ1) is 17.2. The van der Waals surface area contributed by atoms with Gasteiger partial charge in [-0.15, -0.1) is 0 Å². The van der Waals surface area contributed by atoms with E-state index < -0.39 is 0 Å². The predicted octanol–water partition coefficient (Wildman–Crippen LogP) is 6.52. The van der Waals surface area contributed by atoms with E-state index in [0.29, 0.717) is 19.0 Å². The molecule has 2 heterocycles. The average molecular weight is 473 g/mol. The van der Waals surface area contributed by atoms with Crippen molar-refractivity contribution in [2.75, 3.05) is 20.3 Å². The molecule has 0 bridgehead atoms. The lowest BCUT2D eigenvalue weighted by Gasteiger charge is -2.38. The molecule has 0 aliphatic carbocycles. The predicted molar refractivity (Wildman–Crippen MR) is 137 cm³/mol. The van der Waals surface area contributed by atoms with Gasteiger partial charge >= 0.3 is 0 Å². The second-order valence-electron chi connectivity index (χ2n) is 8.72. The Kier molecular flexibility index (Phi) is 6.80. The largest absolute Gasteiger partial charge is 0.494 e. The molecule has 6 heteroatoms. The molecule has 0 saturated carbocycles. The number of fused-ring (bicyclic) bond motifs is 3. The number of rotatable bonds is 9. The number of methoxy groups -OCH3 is 1. The number of hydrogen-bond acceptors (Lipinski definition) is 6. The highest BCUT2D eigenvalue weighted by atomic mass is 16.5. The summed E-state index contributed by atoms with van der Waals surface area (Å²) in [5.74, 6) is 3.21. The van der Waals surface area contributed by atoms with Crippen molar-refractivity contribution in [1.29, 1.82) is 0 Å². The van der Waals surface area contributed by atoms with Gasteiger partial charge in [-0.2, -0.15) is 5.10 Å². The van der Waals surface area contributed by atoms with Crippen molar-refractivity contribution >= 4 is 5.71 Å². The first kappa shape index (κ1) is 23.1. The fourth-order valence-electron chi connectivity index (χ4n) is 4.62. The molecule has 0 fully saturated rings. The van der Waals surface area contributed by atoms with Crippen LogP contribution in [-0.2, 0) is 0 Å². The third-order valence-electron chi connectivity index (χ3n) is 6.43. The molecule has 0 spiro atoms. The second kappa shape index (κ2) is 10.3. The number of hydrogen-bond donors (Lipinski definition) is 0. The highest BCUT2D eigenvalue weighted by Crippen LogP contribution is 2.48. The number of ether oxygens (including phenoxy) is 4. The van der Waals surface area contributed by atoms with Crippen molar-refractivity contribution in [3.05, 3.63) is 83.4 Å². The van der Waals surface area contributed by atoms with Gasteiger partial charge in [-0.3, -0.25) is 0 Å². The Balaban J connectivity index is 1.48. The molecule has 2 aliphatic rings. The molecule has 2 atom stereocenters. The summed E-state index contributed by atoms with van der Waals surface area (Å²) in [6.45, 7) is 5.46. The Labute approximate surface area is 207 Å². The van der Waals surface area contributed by atoms with E-state index in [1.165, 1.54) is 0 Å². The molecular weight excluding hydrogens is 440 g/mol. The topological polar surface area (TPSA) is 52.5 Å². The number of unbranched alkanes of at least 4 members (excludes halogenated alkanes) is 1. The molecule has 0 radical (unpaired) electrons. The molecule has 182 valence electrons. The van der Waals surface area contributed by atoms with E-state index in [4.69, 9.17) is 24.0 Å². The highest BCUT2D eigenvalue weighted by molar-refractivity contribution is 6.02. The Bertz CT molecular complexity index is 1190. The van der Waals surface area contributed by atoms with Gasteiger partial charge in [0.25, 0.3) is 0 Å². The smallest absolute Gasteiger partial charge is 0.214 e. The van der Waals surface area contributed by atoms with Crippen molar-refractivity contribution < 1.29 is 18.9 Å². The molecule has 2 aliphatic heterocycles. The molecule has 0 saturated heterocycles. The summed E-state index contributed by atoms with van der Waals surface area (Å²) in [7, 11) is 1.67. The van der Waals surface area contributed by atoms with Crippen LogP contribution in [0.4, 0.5) is 0 Å². The maximum absolute atomic E-state index is 6.51. The third-order valence-corrected chi connectivity index (χ3v) is 6.43. The number of benzene rings is 3. The van der Waals surface area contributed by atoms with Crippen molar-refractivity contribution in [3.8, 4) is 23.0 Å². The van der Waals surface area contributed by atoms with E-state index >= 15 is 0 Å². The van der Waals surface area contributed by atoms with Crippen LogP contribution in [-0.4, -0.2) is 31.0 Å². The molecule has 0 aromatic heterocycles. The Hall–Kier alpha value is -3.67. The summed E-state index contributed by atoms with van der Waals surface area (Å²) in [6.07, 6.45) is 2.53. The van der Waals surface area contributed by atoms with Gasteiger partial charge in [-0.1, -0.05) is 31.5 Å². The maximum atomic E-state index is 6.51. The van der Waals surface area contributed by atoms with E-state index in [-0.39, 0.29) is 12.3 Å². The minimum Gasteiger partial charge on any atom is -0.494 e. The van der Waals surface area contributed by atoms with Crippen LogP contribution in [0.3, 0.4) is 0 Å². The van der Waals surface area contributed by atoms with Crippen LogP contribution in [0.2, 0.25) is 0 Å². The van der Waals surface area contributed by atoms with Gasteiger partial charge in [0.15, 0.2) is 11.5 Å². The third kappa shape index (κ3) is 4.65. The fraction of sp³-hybridized carbons (Fsp3) is 0.345. The van der Waals surface area contributed by atoms with E-state index in [0.717, 1.165) is 58.9 Å². The molecule has 0 amide bonds. The Morgan fingerprint density at radius 3 is 2.57 bits per heavy atom. The van der Waals surface area contributed by atoms with E-state index in [1.807, 2.05) is 49.4 Å². The molecular formula is C29H32N2O4. The summed E-state index contributed by atoms with van der Waals surface area (Å²) in [4.78, 5) is 0. The van der Waals surface area contributed by atoms with Crippen molar-refractivity contribution in [3.63, 3.8) is 0 Å². The zero-order valence-corrected chi connectivity index (χ0v) is 20.6. The van der Waals surface area contributed by atoms with Crippen LogP contribution >= 0.6 is 0 Å². The van der Waals surface area contributed by atoms with Crippen molar-refractivity contribution in [2.45, 2.75) is 45.4 Å². The summed E-state index contributed by atoms with van der Waals surface area (Å²) in [5.41, 5.74) is 4.26.